The van der Waals surface area contributed by atoms with Gasteiger partial charge in [-0.3, -0.25) is 0 Å². The van der Waals surface area contributed by atoms with Crippen LogP contribution in [0.3, 0.4) is 0 Å². The summed E-state index contributed by atoms with van der Waals surface area (Å²) in [4.78, 5) is 15.4. The number of aliphatic hydroxyl groups is 1. The van der Waals surface area contributed by atoms with Gasteiger partial charge in [0, 0.05) is 0 Å². The molecule has 94 valence electrons. The van der Waals surface area contributed by atoms with Gasteiger partial charge in [0.25, 0.3) is 0 Å². The Morgan fingerprint density at radius 3 is 2.67 bits per heavy atom. The monoisotopic (exact) mass is 265 g/mol. The molecule has 7 heteroatoms. The van der Waals surface area contributed by atoms with E-state index in [2.05, 4.69) is 4.99 Å². The minimum absolute atomic E-state index is 0.280. The molecule has 18 heavy (non-hydrogen) atoms. The molecule has 0 aliphatic carbocycles. The summed E-state index contributed by atoms with van der Waals surface area (Å²) < 4.78 is 10.2. The van der Waals surface area contributed by atoms with E-state index in [4.69, 9.17) is 5.11 Å². The number of carboxylic acid groups (broad SMARTS) is 1. The summed E-state index contributed by atoms with van der Waals surface area (Å²) in [6.45, 7) is 0. The van der Waals surface area contributed by atoms with Crippen molar-refractivity contribution in [2.75, 3.05) is 5.75 Å². The van der Waals surface area contributed by atoms with E-state index in [1.165, 1.54) is 11.8 Å². The number of carbonyl (C=O) groups is 1. The summed E-state index contributed by atoms with van der Waals surface area (Å²) in [5, 5.41) is 18.2. The van der Waals surface area contributed by atoms with Crippen molar-refractivity contribution < 1.29 is 19.7 Å². The number of aliphatic hydroxyl groups excluding tert-OH is 1. The average Bonchev–Trinajstić information content (AvgIpc) is 2.39. The Bertz CT molecular complexity index is 426. The van der Waals surface area contributed by atoms with E-state index >= 15 is 0 Å². The van der Waals surface area contributed by atoms with Gasteiger partial charge >= 0.3 is 109 Å². The second-order valence-electron chi connectivity index (χ2n) is 3.41. The molecule has 0 amide bonds. The molecule has 0 heterocycles. The molecule has 0 spiro atoms. The van der Waals surface area contributed by atoms with E-state index in [9.17, 15) is 14.6 Å². The fraction of sp³-hybridized carbons (Fsp3) is 0.273. The predicted octanol–water partition coefficient (Wildman–Crippen LogP) is 0.671. The quantitative estimate of drug-likeness (QED) is 0.430. The van der Waals surface area contributed by atoms with E-state index in [1.54, 1.807) is 0 Å². The molecule has 0 aliphatic heterocycles. The molecule has 2 atom stereocenters. The van der Waals surface area contributed by atoms with Gasteiger partial charge in [-0.1, -0.05) is 0 Å². The van der Waals surface area contributed by atoms with E-state index in [1.807, 2.05) is 30.3 Å². The van der Waals surface area contributed by atoms with Gasteiger partial charge in [-0.15, -0.1) is 0 Å². The number of aliphatic imine (C=N–C) groups is 1. The van der Waals surface area contributed by atoms with Crippen LogP contribution in [0.1, 0.15) is 0 Å². The van der Waals surface area contributed by atoms with Gasteiger partial charge in [-0.05, 0) is 0 Å². The molecule has 0 aromatic heterocycles. The zero-order valence-corrected chi connectivity index (χ0v) is 10.3. The Hall–Kier alpha value is -1.47. The van der Waals surface area contributed by atoms with Crippen molar-refractivity contribution in [3.8, 4) is 0 Å². The fourth-order valence-electron chi connectivity index (χ4n) is 1.22. The summed E-state index contributed by atoms with van der Waals surface area (Å²) in [6.07, 6.45) is -0.653. The van der Waals surface area contributed by atoms with Crippen molar-refractivity contribution in [1.29, 1.82) is 0 Å². The number of nitrogens with zero attached hydrogens (tertiary/aromatic N) is 1. The van der Waals surface area contributed by atoms with Crippen LogP contribution >= 0.6 is 11.8 Å². The van der Waals surface area contributed by atoms with Crippen LogP contribution in [0, 0.1) is 0 Å². The molecule has 0 fully saturated rings. The fourth-order valence-corrected chi connectivity index (χ4v) is 2.21. The summed E-state index contributed by atoms with van der Waals surface area (Å²) in [6, 6.07) is 8.49. The Labute approximate surface area is 109 Å². The van der Waals surface area contributed by atoms with E-state index in [0.29, 0.717) is 7.15 Å². The van der Waals surface area contributed by atoms with Crippen LogP contribution in [0.25, 0.3) is 0 Å². The molecule has 1 rings (SSSR count). The number of carboxylic acids is 1. The predicted molar refractivity (Wildman–Crippen MR) is 69.5 cm³/mol. The maximum atomic E-state index is 10.7. The summed E-state index contributed by atoms with van der Waals surface area (Å²) in [5.41, 5.74) is 0. The van der Waals surface area contributed by atoms with Crippen molar-refractivity contribution >= 4 is 31.0 Å². The Kier molecular flexibility index (Phi) is 6.31. The van der Waals surface area contributed by atoms with Crippen molar-refractivity contribution in [2.24, 2.45) is 4.99 Å². The first-order valence-electron chi connectivity index (χ1n) is 5.21. The van der Waals surface area contributed by atoms with Crippen LogP contribution in [-0.2, 0) is 9.50 Å². The first kappa shape index (κ1) is 14.6. The molecule has 0 saturated heterocycles. The second kappa shape index (κ2) is 7.78. The molecule has 0 saturated carbocycles. The molecule has 1 aromatic carbocycles. The summed E-state index contributed by atoms with van der Waals surface area (Å²) >= 11 is 1.37. The second-order valence-corrected chi connectivity index (χ2v) is 4.50. The third-order valence-electron chi connectivity index (χ3n) is 2.12. The number of rotatable bonds is 7. The summed E-state index contributed by atoms with van der Waals surface area (Å²) in [5.74, 6) is -1.07. The van der Waals surface area contributed by atoms with Crippen LogP contribution in [0.2, 0.25) is 0 Å². The molecular formula is C11H12BNO4S. The normalized spacial score (nSPS) is 14.1. The van der Waals surface area contributed by atoms with Gasteiger partial charge in [-0.25, -0.2) is 0 Å². The van der Waals surface area contributed by atoms with Crippen molar-refractivity contribution in [2.45, 2.75) is 17.0 Å². The van der Waals surface area contributed by atoms with Gasteiger partial charge in [0.15, 0.2) is 0 Å². The molecule has 2 N–H and O–H groups in total. The van der Waals surface area contributed by atoms with Crippen LogP contribution in [0.4, 0.5) is 0 Å². The van der Waals surface area contributed by atoms with E-state index < -0.39 is 18.1 Å². The van der Waals surface area contributed by atoms with Gasteiger partial charge in [0.05, 0.1) is 0 Å². The molecule has 0 aliphatic rings. The van der Waals surface area contributed by atoms with Crippen LogP contribution in [0.5, 0.6) is 0 Å². The standard InChI is InChI=1S/C11H12BNO4S/c14-10(11(15)16)9(13-7-12-17)6-18-8-4-2-1-3-5-8/h1-5,7,9-10,14H,6H2,(H,15,16)/t9-,10-/m0/s1. The van der Waals surface area contributed by atoms with Crippen molar-refractivity contribution in [1.82, 2.24) is 0 Å². The maximum absolute atomic E-state index is 10.7. The van der Waals surface area contributed by atoms with Crippen molar-refractivity contribution in [3.63, 3.8) is 0 Å². The number of benzene rings is 1. The van der Waals surface area contributed by atoms with Crippen molar-refractivity contribution in [3.05, 3.63) is 30.3 Å². The third-order valence-corrected chi connectivity index (χ3v) is 3.23. The Morgan fingerprint density at radius 1 is 1.44 bits per heavy atom. The van der Waals surface area contributed by atoms with Gasteiger partial charge in [0.2, 0.25) is 0 Å². The van der Waals surface area contributed by atoms with Crippen LogP contribution < -0.4 is 0 Å². The molecular weight excluding hydrogens is 253 g/mol. The minimum atomic E-state index is -1.61. The topological polar surface area (TPSA) is 87.0 Å². The number of hydrogen-bond acceptors (Lipinski definition) is 5. The number of hydrogen-bond donors (Lipinski definition) is 2. The Balaban J connectivity index is 2.64. The van der Waals surface area contributed by atoms with Crippen LogP contribution in [0.15, 0.2) is 40.2 Å². The van der Waals surface area contributed by atoms with E-state index in [-0.39, 0.29) is 5.75 Å². The van der Waals surface area contributed by atoms with Gasteiger partial charge < -0.3 is 0 Å². The first-order valence-corrected chi connectivity index (χ1v) is 6.19. The first-order chi connectivity index (χ1) is 8.65. The van der Waals surface area contributed by atoms with Gasteiger partial charge in [-0.2, -0.15) is 0 Å². The number of aliphatic carboxylic acids is 1. The van der Waals surface area contributed by atoms with Crippen LogP contribution in [-0.4, -0.2) is 47.3 Å². The van der Waals surface area contributed by atoms with Gasteiger partial charge in [0.1, 0.15) is 0 Å². The van der Waals surface area contributed by atoms with E-state index in [0.717, 1.165) is 11.0 Å². The third kappa shape index (κ3) is 4.81. The molecule has 1 aromatic rings. The Morgan fingerprint density at radius 2 is 2.11 bits per heavy atom. The zero-order chi connectivity index (χ0) is 13.4. The zero-order valence-electron chi connectivity index (χ0n) is 9.47. The average molecular weight is 265 g/mol. The molecule has 0 radical (unpaired) electrons. The SMILES string of the molecule is O=BC=N[C@@H](CSc1ccccc1)[C@H](O)C(=O)O. The number of thioether (sulfide) groups is 1. The molecule has 5 nitrogen and oxygen atoms in total. The molecule has 0 bridgehead atoms. The molecule has 0 unspecified atom stereocenters. The summed E-state index contributed by atoms with van der Waals surface area (Å²) in [7, 11) is 0.453.